The molecule has 1 atom stereocenters. The Morgan fingerprint density at radius 3 is 2.96 bits per heavy atom. The zero-order chi connectivity index (χ0) is 18.6. The number of nitrogens with one attached hydrogen (secondary N) is 1. The first-order valence-electron chi connectivity index (χ1n) is 8.72. The number of hydrogen-bond donors (Lipinski definition) is 1. The minimum Gasteiger partial charge on any atom is -0.311 e. The number of anilines is 1. The highest BCUT2D eigenvalue weighted by molar-refractivity contribution is 8.00. The van der Waals surface area contributed by atoms with E-state index in [1.807, 2.05) is 47.0 Å². The third-order valence-corrected chi connectivity index (χ3v) is 6.36. The second kappa shape index (κ2) is 8.14. The quantitative estimate of drug-likeness (QED) is 0.674. The van der Waals surface area contributed by atoms with Crippen LogP contribution in [-0.4, -0.2) is 43.6 Å². The van der Waals surface area contributed by atoms with Gasteiger partial charge in [-0.2, -0.15) is 0 Å². The first-order valence-corrected chi connectivity index (χ1v) is 10.6. The summed E-state index contributed by atoms with van der Waals surface area (Å²) in [6.07, 6.45) is 4.40. The molecule has 0 saturated heterocycles. The molecule has 1 aromatic carbocycles. The molecule has 0 saturated carbocycles. The van der Waals surface area contributed by atoms with Crippen LogP contribution in [0.2, 0.25) is 0 Å². The molecule has 3 heterocycles. The Morgan fingerprint density at radius 2 is 2.11 bits per heavy atom. The van der Waals surface area contributed by atoms with Gasteiger partial charge in [0.2, 0.25) is 11.1 Å². The van der Waals surface area contributed by atoms with E-state index >= 15 is 0 Å². The van der Waals surface area contributed by atoms with Crippen molar-refractivity contribution in [3.05, 3.63) is 48.8 Å². The van der Waals surface area contributed by atoms with Crippen molar-refractivity contribution in [2.24, 2.45) is 0 Å². The molecule has 138 valence electrons. The van der Waals surface area contributed by atoms with E-state index in [-0.39, 0.29) is 5.91 Å². The molecule has 0 spiro atoms. The highest BCUT2D eigenvalue weighted by atomic mass is 32.2. The van der Waals surface area contributed by atoms with Crippen molar-refractivity contribution in [2.75, 3.05) is 17.2 Å². The van der Waals surface area contributed by atoms with E-state index in [0.29, 0.717) is 22.0 Å². The zero-order valence-corrected chi connectivity index (χ0v) is 16.5. The molecule has 0 radical (unpaired) electrons. The largest absolute Gasteiger partial charge is 0.311 e. The van der Waals surface area contributed by atoms with Gasteiger partial charge in [-0.15, -0.1) is 16.9 Å². The van der Waals surface area contributed by atoms with E-state index < -0.39 is 0 Å². The maximum Gasteiger partial charge on any atom is 0.237 e. The first kappa shape index (κ1) is 18.1. The summed E-state index contributed by atoms with van der Waals surface area (Å²) in [6, 6.07) is 11.9. The number of amides is 1. The van der Waals surface area contributed by atoms with Gasteiger partial charge in [-0.05, 0) is 30.7 Å². The number of carbonyl (C=O) groups excluding carboxylic acids is 1. The van der Waals surface area contributed by atoms with Crippen LogP contribution in [0.3, 0.4) is 0 Å². The summed E-state index contributed by atoms with van der Waals surface area (Å²) in [7, 11) is 0. The predicted octanol–water partition coefficient (Wildman–Crippen LogP) is 3.88. The molecule has 1 amide bonds. The number of thioether (sulfide) groups is 2. The summed E-state index contributed by atoms with van der Waals surface area (Å²) in [4.78, 5) is 24.4. The van der Waals surface area contributed by atoms with E-state index in [4.69, 9.17) is 0 Å². The molecule has 8 heteroatoms. The topological polar surface area (TPSA) is 74.8 Å². The number of benzene rings is 1. The van der Waals surface area contributed by atoms with Gasteiger partial charge in [-0.3, -0.25) is 14.9 Å². The number of H-pyrrole nitrogens is 1. The molecule has 27 heavy (non-hydrogen) atoms. The Hall–Kier alpha value is -2.32. The summed E-state index contributed by atoms with van der Waals surface area (Å²) in [6.45, 7) is 2.94. The van der Waals surface area contributed by atoms with E-state index in [9.17, 15) is 4.79 Å². The van der Waals surface area contributed by atoms with E-state index in [2.05, 4.69) is 33.2 Å². The SMILES string of the molecule is C[C@@H]1CCN(C(=O)CSc2n[nH]c(-c3ccncc3)n2)c2ccccc2S1. The Labute approximate surface area is 166 Å². The fourth-order valence-corrected chi connectivity index (χ4v) is 4.69. The number of nitrogens with zero attached hydrogens (tertiary/aromatic N) is 4. The smallest absolute Gasteiger partial charge is 0.237 e. The predicted molar refractivity (Wildman–Crippen MR) is 109 cm³/mol. The van der Waals surface area contributed by atoms with Crippen LogP contribution in [0.5, 0.6) is 0 Å². The first-order chi connectivity index (χ1) is 13.2. The van der Waals surface area contributed by atoms with Gasteiger partial charge < -0.3 is 4.90 Å². The monoisotopic (exact) mass is 397 g/mol. The summed E-state index contributed by atoms with van der Waals surface area (Å²) in [5.41, 5.74) is 1.92. The number of pyridine rings is 1. The van der Waals surface area contributed by atoms with Crippen molar-refractivity contribution in [2.45, 2.75) is 28.6 Å². The molecule has 0 bridgehead atoms. The minimum atomic E-state index is 0.0809. The number of rotatable bonds is 4. The van der Waals surface area contributed by atoms with Crippen LogP contribution in [0.25, 0.3) is 11.4 Å². The van der Waals surface area contributed by atoms with Gasteiger partial charge in [-0.25, -0.2) is 4.98 Å². The number of fused-ring (bicyclic) bond motifs is 1. The van der Waals surface area contributed by atoms with Gasteiger partial charge in [0.25, 0.3) is 0 Å². The van der Waals surface area contributed by atoms with Crippen molar-refractivity contribution in [1.82, 2.24) is 20.2 Å². The van der Waals surface area contributed by atoms with Crippen LogP contribution in [0, 0.1) is 0 Å². The molecule has 2 aromatic heterocycles. The molecule has 1 aliphatic rings. The van der Waals surface area contributed by atoms with Gasteiger partial charge in [0.15, 0.2) is 5.82 Å². The van der Waals surface area contributed by atoms with Crippen LogP contribution < -0.4 is 4.90 Å². The lowest BCUT2D eigenvalue weighted by molar-refractivity contribution is -0.116. The lowest BCUT2D eigenvalue weighted by atomic mass is 10.2. The molecular weight excluding hydrogens is 378 g/mol. The fraction of sp³-hybridized carbons (Fsp3) is 0.263. The molecule has 1 N–H and O–H groups in total. The maximum absolute atomic E-state index is 12.9. The number of aromatic amines is 1. The van der Waals surface area contributed by atoms with Gasteiger partial charge in [0.1, 0.15) is 0 Å². The highest BCUT2D eigenvalue weighted by Crippen LogP contribution is 2.37. The second-order valence-electron chi connectivity index (χ2n) is 6.22. The van der Waals surface area contributed by atoms with Gasteiger partial charge in [0, 0.05) is 34.6 Å². The second-order valence-corrected chi connectivity index (χ2v) is 8.64. The van der Waals surface area contributed by atoms with Crippen molar-refractivity contribution in [3.63, 3.8) is 0 Å². The van der Waals surface area contributed by atoms with E-state index in [1.165, 1.54) is 16.7 Å². The summed E-state index contributed by atoms with van der Waals surface area (Å²) in [5, 5.41) is 8.20. The number of aromatic nitrogens is 4. The summed E-state index contributed by atoms with van der Waals surface area (Å²) < 4.78 is 0. The van der Waals surface area contributed by atoms with Gasteiger partial charge in [0.05, 0.1) is 11.4 Å². The van der Waals surface area contributed by atoms with Crippen molar-refractivity contribution in [1.29, 1.82) is 0 Å². The van der Waals surface area contributed by atoms with Crippen LogP contribution in [-0.2, 0) is 4.79 Å². The lowest BCUT2D eigenvalue weighted by Gasteiger charge is -2.22. The average molecular weight is 398 g/mol. The van der Waals surface area contributed by atoms with Gasteiger partial charge >= 0.3 is 0 Å². The molecule has 4 rings (SSSR count). The molecule has 0 fully saturated rings. The highest BCUT2D eigenvalue weighted by Gasteiger charge is 2.24. The van der Waals surface area contributed by atoms with Crippen molar-refractivity contribution >= 4 is 35.1 Å². The van der Waals surface area contributed by atoms with Gasteiger partial charge in [-0.1, -0.05) is 30.8 Å². The standard InChI is InChI=1S/C19H19N5OS2/c1-13-8-11-24(15-4-2-3-5-16(15)27-13)17(25)12-26-19-21-18(22-23-19)14-6-9-20-10-7-14/h2-7,9-10,13H,8,11-12H2,1H3,(H,21,22,23)/t13-/m1/s1. The summed E-state index contributed by atoms with van der Waals surface area (Å²) in [5.74, 6) is 1.07. The molecule has 0 unspecified atom stereocenters. The summed E-state index contributed by atoms with van der Waals surface area (Å²) >= 11 is 3.19. The molecule has 6 nitrogen and oxygen atoms in total. The molecular formula is C19H19N5OS2. The van der Waals surface area contributed by atoms with E-state index in [1.54, 1.807) is 12.4 Å². The number of carbonyl (C=O) groups is 1. The van der Waals surface area contributed by atoms with Crippen LogP contribution >= 0.6 is 23.5 Å². The van der Waals surface area contributed by atoms with E-state index in [0.717, 1.165) is 24.2 Å². The Kier molecular flexibility index (Phi) is 5.45. The lowest BCUT2D eigenvalue weighted by Crippen LogP contribution is -2.33. The normalized spacial score (nSPS) is 16.6. The average Bonchev–Trinajstić information content (AvgIpc) is 3.10. The maximum atomic E-state index is 12.9. The zero-order valence-electron chi connectivity index (χ0n) is 14.8. The minimum absolute atomic E-state index is 0.0809. The Bertz CT molecular complexity index is 931. The Morgan fingerprint density at radius 1 is 1.30 bits per heavy atom. The van der Waals surface area contributed by atoms with Crippen LogP contribution in [0.15, 0.2) is 58.8 Å². The van der Waals surface area contributed by atoms with Crippen LogP contribution in [0.1, 0.15) is 13.3 Å². The van der Waals surface area contributed by atoms with Crippen molar-refractivity contribution in [3.8, 4) is 11.4 Å². The molecule has 1 aliphatic heterocycles. The third kappa shape index (κ3) is 4.17. The number of hydrogen-bond acceptors (Lipinski definition) is 6. The fourth-order valence-electron chi connectivity index (χ4n) is 2.90. The Balaban J connectivity index is 1.45. The molecule has 3 aromatic rings. The van der Waals surface area contributed by atoms with Crippen molar-refractivity contribution < 1.29 is 4.79 Å². The number of para-hydroxylation sites is 1. The van der Waals surface area contributed by atoms with Crippen LogP contribution in [0.4, 0.5) is 5.69 Å². The third-order valence-electron chi connectivity index (χ3n) is 4.29. The molecule has 0 aliphatic carbocycles.